The van der Waals surface area contributed by atoms with E-state index in [2.05, 4.69) is 73.9 Å². The Balaban J connectivity index is 4.19. The fraction of sp³-hybridized carbons (Fsp3) is 0.762. The van der Waals surface area contributed by atoms with Crippen LogP contribution in [0.25, 0.3) is 0 Å². The van der Waals surface area contributed by atoms with Gasteiger partial charge in [-0.2, -0.15) is 0 Å². The number of hydrogen-bond donors (Lipinski definition) is 0. The molecular formula is C42H75AsO3. The monoisotopic (exact) mass is 702 g/mol. The number of allylic oxidation sites excluding steroid dienone is 8. The van der Waals surface area contributed by atoms with Crippen LogP contribution in [0.4, 0.5) is 0 Å². The van der Waals surface area contributed by atoms with Crippen molar-refractivity contribution >= 4 is 26.4 Å². The fourth-order valence-electron chi connectivity index (χ4n) is 5.46. The maximum atomic E-state index is 13.1. The zero-order valence-corrected chi connectivity index (χ0v) is 32.8. The third-order valence-electron chi connectivity index (χ3n) is 8.41. The standard InChI is InChI=1S/C42H75AsO3/c1-5-7-9-11-13-15-17-19-21-23-25-27-29-31-33-36-40(44)41(46-42(45)38-35-39-43(3)4)37-34-32-30-28-26-24-22-20-18-16-14-12-10-8-6-2/h13-16,19-22,41H,5-12,17-18,23-39H2,1-4H3. The first-order chi connectivity index (χ1) is 22.5. The number of rotatable bonds is 34. The molecule has 0 fully saturated rings. The molecule has 0 aliphatic heterocycles. The van der Waals surface area contributed by atoms with Crippen molar-refractivity contribution in [2.75, 3.05) is 0 Å². The van der Waals surface area contributed by atoms with E-state index in [1.54, 1.807) is 0 Å². The molecule has 0 bridgehead atoms. The van der Waals surface area contributed by atoms with Gasteiger partial charge in [-0.1, -0.05) is 88.1 Å². The Kier molecular flexibility index (Phi) is 35.4. The number of Topliss-reactive ketones (excluding diaryl/α,β-unsaturated/α-hetero) is 1. The summed E-state index contributed by atoms with van der Waals surface area (Å²) in [7, 11) is 0. The van der Waals surface area contributed by atoms with Crippen LogP contribution in [-0.4, -0.2) is 32.5 Å². The number of ether oxygens (including phenoxy) is 1. The Morgan fingerprint density at radius 3 is 1.43 bits per heavy atom. The molecule has 0 saturated heterocycles. The molecule has 0 N–H and O–H groups in total. The summed E-state index contributed by atoms with van der Waals surface area (Å²) in [5.41, 5.74) is 4.64. The van der Waals surface area contributed by atoms with Gasteiger partial charge in [0.05, 0.1) is 0 Å². The summed E-state index contributed by atoms with van der Waals surface area (Å²) < 4.78 is 5.79. The van der Waals surface area contributed by atoms with E-state index in [1.165, 1.54) is 89.9 Å². The molecule has 0 heterocycles. The molecule has 0 amide bonds. The van der Waals surface area contributed by atoms with E-state index in [0.717, 1.165) is 63.0 Å². The molecule has 0 saturated carbocycles. The van der Waals surface area contributed by atoms with Crippen molar-refractivity contribution in [1.82, 2.24) is 0 Å². The van der Waals surface area contributed by atoms with Crippen molar-refractivity contribution in [3.8, 4) is 0 Å². The van der Waals surface area contributed by atoms with Crippen LogP contribution >= 0.6 is 0 Å². The SMILES string of the molecule is CCCCCC=CCC=CCCCCCCCC(=O)C(CCCCCCCC=CCC=CCCCCC)OC(=O)CCC[As](C)C. The van der Waals surface area contributed by atoms with Crippen LogP contribution in [0.3, 0.4) is 0 Å². The molecule has 1 atom stereocenters. The van der Waals surface area contributed by atoms with E-state index in [0.29, 0.717) is 19.3 Å². The number of carbonyl (C=O) groups excluding carboxylic acids is 2. The molecule has 0 rings (SSSR count). The second-order valence-electron chi connectivity index (χ2n) is 13.4. The van der Waals surface area contributed by atoms with Gasteiger partial charge in [0, 0.05) is 0 Å². The second-order valence-corrected chi connectivity index (χ2v) is 18.8. The molecule has 3 nitrogen and oxygen atoms in total. The number of ketones is 1. The second kappa shape index (κ2) is 36.5. The van der Waals surface area contributed by atoms with Gasteiger partial charge < -0.3 is 0 Å². The van der Waals surface area contributed by atoms with Crippen LogP contribution < -0.4 is 0 Å². The molecular weight excluding hydrogens is 627 g/mol. The molecule has 0 aliphatic carbocycles. The summed E-state index contributed by atoms with van der Waals surface area (Å²) in [6.45, 7) is 4.50. The first-order valence-electron chi connectivity index (χ1n) is 19.5. The molecule has 266 valence electrons. The fourth-order valence-corrected chi connectivity index (χ4v) is 7.11. The van der Waals surface area contributed by atoms with E-state index >= 15 is 0 Å². The van der Waals surface area contributed by atoms with Crippen LogP contribution in [0.1, 0.15) is 181 Å². The van der Waals surface area contributed by atoms with Gasteiger partial charge in [0.15, 0.2) is 0 Å². The zero-order chi connectivity index (χ0) is 33.8. The summed E-state index contributed by atoms with van der Waals surface area (Å²) in [6.07, 6.45) is 46.5. The van der Waals surface area contributed by atoms with Crippen molar-refractivity contribution in [2.45, 2.75) is 204 Å². The van der Waals surface area contributed by atoms with Crippen molar-refractivity contribution < 1.29 is 14.3 Å². The minimum atomic E-state index is -0.726. The number of hydrogen-bond acceptors (Lipinski definition) is 3. The Morgan fingerprint density at radius 2 is 0.957 bits per heavy atom. The van der Waals surface area contributed by atoms with Gasteiger partial charge in [-0.25, -0.2) is 0 Å². The Hall–Kier alpha value is -1.34. The van der Waals surface area contributed by atoms with Crippen LogP contribution in [-0.2, 0) is 14.3 Å². The number of esters is 1. The molecule has 0 spiro atoms. The third kappa shape index (κ3) is 34.0. The Bertz CT molecular complexity index is 795. The summed E-state index contributed by atoms with van der Waals surface area (Å²) in [5.74, 6) is -0.0286. The first-order valence-corrected chi connectivity index (χ1v) is 24.6. The zero-order valence-electron chi connectivity index (χ0n) is 31.0. The summed E-state index contributed by atoms with van der Waals surface area (Å²) in [4.78, 5) is 25.6. The number of carbonyl (C=O) groups is 2. The van der Waals surface area contributed by atoms with Crippen molar-refractivity contribution in [2.24, 2.45) is 0 Å². The van der Waals surface area contributed by atoms with Crippen molar-refractivity contribution in [3.63, 3.8) is 0 Å². The van der Waals surface area contributed by atoms with Gasteiger partial charge in [0.2, 0.25) is 0 Å². The van der Waals surface area contributed by atoms with E-state index in [9.17, 15) is 9.59 Å². The Morgan fingerprint density at radius 1 is 0.522 bits per heavy atom. The van der Waals surface area contributed by atoms with Gasteiger partial charge in [-0.05, 0) is 57.8 Å². The molecule has 46 heavy (non-hydrogen) atoms. The van der Waals surface area contributed by atoms with Crippen LogP contribution in [0.15, 0.2) is 48.6 Å². The van der Waals surface area contributed by atoms with E-state index < -0.39 is 20.8 Å². The first kappa shape index (κ1) is 44.7. The van der Waals surface area contributed by atoms with Gasteiger partial charge in [0.1, 0.15) is 0 Å². The predicted octanol–water partition coefficient (Wildman–Crippen LogP) is 13.6. The van der Waals surface area contributed by atoms with Crippen LogP contribution in [0.5, 0.6) is 0 Å². The molecule has 0 radical (unpaired) electrons. The van der Waals surface area contributed by atoms with Gasteiger partial charge >= 0.3 is 147 Å². The normalized spacial score (nSPS) is 12.9. The molecule has 4 heteroatoms. The van der Waals surface area contributed by atoms with E-state index in [-0.39, 0.29) is 11.8 Å². The van der Waals surface area contributed by atoms with E-state index in [1.807, 2.05) is 0 Å². The average Bonchev–Trinajstić information content (AvgIpc) is 3.03. The molecule has 0 aromatic carbocycles. The summed E-state index contributed by atoms with van der Waals surface area (Å²) >= 11 is -0.726. The molecule has 0 aromatic heterocycles. The predicted molar refractivity (Wildman–Crippen MR) is 205 cm³/mol. The third-order valence-corrected chi connectivity index (χ3v) is 10.9. The van der Waals surface area contributed by atoms with Gasteiger partial charge in [-0.3, -0.25) is 0 Å². The molecule has 0 aromatic rings. The van der Waals surface area contributed by atoms with E-state index in [4.69, 9.17) is 4.74 Å². The summed E-state index contributed by atoms with van der Waals surface area (Å²) in [5, 5.41) is 1.16. The summed E-state index contributed by atoms with van der Waals surface area (Å²) in [6, 6.07) is 0. The van der Waals surface area contributed by atoms with Crippen LogP contribution in [0.2, 0.25) is 16.6 Å². The number of unbranched alkanes of at least 4 members (excludes halogenated alkanes) is 16. The van der Waals surface area contributed by atoms with Crippen molar-refractivity contribution in [3.05, 3.63) is 48.6 Å². The topological polar surface area (TPSA) is 43.4 Å². The molecule has 1 unspecified atom stereocenters. The van der Waals surface area contributed by atoms with Gasteiger partial charge in [-0.15, -0.1) is 0 Å². The van der Waals surface area contributed by atoms with Crippen molar-refractivity contribution in [1.29, 1.82) is 0 Å². The van der Waals surface area contributed by atoms with Crippen LogP contribution in [0, 0.1) is 0 Å². The Labute approximate surface area is 291 Å². The molecule has 0 aliphatic rings. The quantitative estimate of drug-likeness (QED) is 0.0290. The average molecular weight is 703 g/mol. The maximum absolute atomic E-state index is 13.1. The minimum absolute atomic E-state index is 0.141. The van der Waals surface area contributed by atoms with Gasteiger partial charge in [0.25, 0.3) is 0 Å².